The molecule has 0 unspecified atom stereocenters. The molecule has 0 fully saturated rings. The fraction of sp³-hybridized carbons (Fsp3) is 0.652. The molecule has 0 heterocycles. The monoisotopic (exact) mass is 466 g/mol. The van der Waals surface area contributed by atoms with Gasteiger partial charge >= 0.3 is 164 Å². The zero-order valence-electron chi connectivity index (χ0n) is 17.6. The second-order valence-corrected chi connectivity index (χ2v) is 26.9. The molecule has 0 radical (unpaired) electrons. The molecule has 0 bridgehead atoms. The molecule has 1 rings (SSSR count). The summed E-state index contributed by atoms with van der Waals surface area (Å²) in [5, 5.41) is 1.57. The van der Waals surface area contributed by atoms with E-state index in [1.165, 1.54) is 43.0 Å². The first-order valence-electron chi connectivity index (χ1n) is 10.7. The fourth-order valence-corrected chi connectivity index (χ4v) is 21.6. The first kappa shape index (κ1) is 23.0. The van der Waals surface area contributed by atoms with Gasteiger partial charge in [0, 0.05) is 0 Å². The van der Waals surface area contributed by atoms with E-state index in [1.54, 1.807) is 18.5 Å². The van der Waals surface area contributed by atoms with Crippen LogP contribution in [-0.4, -0.2) is 26.5 Å². The SMILES string of the molecule is CCC[CH2][Sn]([CH2]/C=C/[Si](C)(C)c1ccccc1)([CH2]CCC)[CH2]CCC. The first-order chi connectivity index (χ1) is 12.0. The molecule has 2 heteroatoms. The molecule has 0 nitrogen and oxygen atoms in total. The van der Waals surface area contributed by atoms with Crippen LogP contribution < -0.4 is 5.19 Å². The summed E-state index contributed by atoms with van der Waals surface area (Å²) < 4.78 is 6.38. The predicted molar refractivity (Wildman–Crippen MR) is 122 cm³/mol. The molecule has 0 spiro atoms. The van der Waals surface area contributed by atoms with E-state index < -0.39 is 26.5 Å². The maximum atomic E-state index is 2.66. The van der Waals surface area contributed by atoms with Crippen molar-refractivity contribution in [2.45, 2.75) is 90.1 Å². The van der Waals surface area contributed by atoms with Crippen molar-refractivity contribution in [1.82, 2.24) is 0 Å². The van der Waals surface area contributed by atoms with Crippen LogP contribution in [0.1, 0.15) is 59.3 Å². The Kier molecular flexibility index (Phi) is 11.4. The van der Waals surface area contributed by atoms with Gasteiger partial charge in [0.25, 0.3) is 0 Å². The second-order valence-electron chi connectivity index (χ2n) is 8.50. The van der Waals surface area contributed by atoms with Crippen molar-refractivity contribution in [3.05, 3.63) is 42.1 Å². The topological polar surface area (TPSA) is 0 Å². The number of hydrogen-bond acceptors (Lipinski definition) is 0. The van der Waals surface area contributed by atoms with Gasteiger partial charge in [-0.2, -0.15) is 0 Å². The number of benzene rings is 1. The fourth-order valence-electron chi connectivity index (χ4n) is 3.90. The van der Waals surface area contributed by atoms with Crippen molar-refractivity contribution in [1.29, 1.82) is 0 Å². The average Bonchev–Trinajstić information content (AvgIpc) is 2.63. The van der Waals surface area contributed by atoms with Crippen LogP contribution >= 0.6 is 0 Å². The van der Waals surface area contributed by atoms with Gasteiger partial charge in [0.1, 0.15) is 0 Å². The van der Waals surface area contributed by atoms with Gasteiger partial charge in [-0.3, -0.25) is 0 Å². The molecule has 1 aromatic rings. The first-order valence-corrected chi connectivity index (χ1v) is 21.9. The standard InChI is InChI=1S/C11H15Si.3C4H9.Sn/c1-4-10-12(2,3)11-8-6-5-7-9-11;3*1-3-4-2;/h4-10H,1H2,2-3H3;3*1,3-4H2,2H3;/b10-4+;;;;. The Morgan fingerprint density at radius 1 is 0.800 bits per heavy atom. The number of hydrogen-bond donors (Lipinski definition) is 0. The third kappa shape index (κ3) is 8.47. The van der Waals surface area contributed by atoms with Crippen molar-refractivity contribution in [3.63, 3.8) is 0 Å². The van der Waals surface area contributed by atoms with Crippen LogP contribution in [0.25, 0.3) is 0 Å². The molecule has 1 aromatic carbocycles. The summed E-state index contributed by atoms with van der Waals surface area (Å²) in [6, 6.07) is 11.2. The molecule has 0 N–H and O–H groups in total. The van der Waals surface area contributed by atoms with E-state index in [-0.39, 0.29) is 0 Å². The quantitative estimate of drug-likeness (QED) is 0.264. The molecule has 0 amide bonds. The van der Waals surface area contributed by atoms with Gasteiger partial charge in [0.15, 0.2) is 0 Å². The minimum atomic E-state index is -1.98. The molecule has 0 atom stereocenters. The van der Waals surface area contributed by atoms with Crippen molar-refractivity contribution in [3.8, 4) is 0 Å². The van der Waals surface area contributed by atoms with Crippen LogP contribution in [0, 0.1) is 0 Å². The van der Waals surface area contributed by atoms with E-state index in [0.29, 0.717) is 0 Å². The van der Waals surface area contributed by atoms with Gasteiger partial charge in [-0.15, -0.1) is 0 Å². The van der Waals surface area contributed by atoms with Gasteiger partial charge in [0.2, 0.25) is 0 Å². The molecule has 0 saturated carbocycles. The van der Waals surface area contributed by atoms with E-state index in [2.05, 4.69) is 76.0 Å². The summed E-state index contributed by atoms with van der Waals surface area (Å²) in [5.41, 5.74) is 2.65. The minimum absolute atomic E-state index is 1.38. The van der Waals surface area contributed by atoms with Crippen LogP contribution in [0.5, 0.6) is 0 Å². The molecule has 0 saturated heterocycles. The summed E-state index contributed by atoms with van der Waals surface area (Å²) in [5.74, 6) is 0. The summed E-state index contributed by atoms with van der Waals surface area (Å²) in [7, 11) is -1.42. The average molecular weight is 465 g/mol. The zero-order chi connectivity index (χ0) is 18.6. The van der Waals surface area contributed by atoms with Crippen LogP contribution in [-0.2, 0) is 0 Å². The van der Waals surface area contributed by atoms with Crippen molar-refractivity contribution in [2.24, 2.45) is 0 Å². The molecule has 0 aliphatic rings. The predicted octanol–water partition coefficient (Wildman–Crippen LogP) is 7.55. The normalized spacial score (nSPS) is 12.8. The van der Waals surface area contributed by atoms with E-state index in [9.17, 15) is 0 Å². The van der Waals surface area contributed by atoms with Gasteiger partial charge in [-0.05, 0) is 0 Å². The van der Waals surface area contributed by atoms with Crippen LogP contribution in [0.2, 0.25) is 30.8 Å². The third-order valence-electron chi connectivity index (χ3n) is 5.79. The molecular weight excluding hydrogens is 423 g/mol. The van der Waals surface area contributed by atoms with Crippen molar-refractivity contribution >= 4 is 31.6 Å². The van der Waals surface area contributed by atoms with Crippen LogP contribution in [0.4, 0.5) is 0 Å². The summed E-state index contributed by atoms with van der Waals surface area (Å²) >= 11 is -1.98. The zero-order valence-corrected chi connectivity index (χ0v) is 21.5. The van der Waals surface area contributed by atoms with Crippen molar-refractivity contribution in [2.75, 3.05) is 0 Å². The Hall–Kier alpha value is -0.0244. The number of unbranched alkanes of at least 4 members (excludes halogenated alkanes) is 3. The van der Waals surface area contributed by atoms with E-state index >= 15 is 0 Å². The molecule has 0 aromatic heterocycles. The Labute approximate surface area is 163 Å². The summed E-state index contributed by atoms with van der Waals surface area (Å²) in [6.07, 6.45) is 11.3. The van der Waals surface area contributed by atoms with Crippen molar-refractivity contribution < 1.29 is 0 Å². The summed E-state index contributed by atoms with van der Waals surface area (Å²) in [6.45, 7) is 12.1. The Balaban J connectivity index is 2.86. The molecule has 25 heavy (non-hydrogen) atoms. The Morgan fingerprint density at radius 2 is 1.28 bits per heavy atom. The molecule has 0 aliphatic heterocycles. The van der Waals surface area contributed by atoms with E-state index in [1.807, 2.05) is 0 Å². The van der Waals surface area contributed by atoms with Crippen LogP contribution in [0.3, 0.4) is 0 Å². The third-order valence-corrected chi connectivity index (χ3v) is 23.9. The molecular formula is C23H42SiSn. The second kappa shape index (κ2) is 12.4. The van der Waals surface area contributed by atoms with Gasteiger partial charge < -0.3 is 0 Å². The molecule has 0 aliphatic carbocycles. The number of allylic oxidation sites excluding steroid dienone is 1. The summed E-state index contributed by atoms with van der Waals surface area (Å²) in [4.78, 5) is 0. The van der Waals surface area contributed by atoms with E-state index in [4.69, 9.17) is 0 Å². The van der Waals surface area contributed by atoms with Gasteiger partial charge in [-0.1, -0.05) is 0 Å². The maximum absolute atomic E-state index is 2.66. The molecule has 142 valence electrons. The van der Waals surface area contributed by atoms with Crippen LogP contribution in [0.15, 0.2) is 42.1 Å². The van der Waals surface area contributed by atoms with Gasteiger partial charge in [-0.25, -0.2) is 0 Å². The van der Waals surface area contributed by atoms with E-state index in [0.717, 1.165) is 0 Å². The van der Waals surface area contributed by atoms with Gasteiger partial charge in [0.05, 0.1) is 0 Å². The number of rotatable bonds is 13. The Morgan fingerprint density at radius 3 is 1.72 bits per heavy atom. The Bertz CT molecular complexity index is 456.